The van der Waals surface area contributed by atoms with Crippen LogP contribution in [0.4, 0.5) is 0 Å². The van der Waals surface area contributed by atoms with Crippen molar-refractivity contribution in [1.29, 1.82) is 0 Å². The van der Waals surface area contributed by atoms with Crippen LogP contribution in [0.15, 0.2) is 28.7 Å². The molecule has 0 amide bonds. The highest BCUT2D eigenvalue weighted by atomic mass is 16.3. The predicted octanol–water partition coefficient (Wildman–Crippen LogP) is 3.97. The van der Waals surface area contributed by atoms with Crippen LogP contribution in [-0.4, -0.2) is 0 Å². The van der Waals surface area contributed by atoms with Crippen molar-refractivity contribution in [2.75, 3.05) is 0 Å². The Labute approximate surface area is 102 Å². The Morgan fingerprint density at radius 1 is 1.24 bits per heavy atom. The zero-order valence-corrected chi connectivity index (χ0v) is 10.4. The van der Waals surface area contributed by atoms with E-state index in [2.05, 4.69) is 38.1 Å². The second-order valence-corrected chi connectivity index (χ2v) is 5.46. The van der Waals surface area contributed by atoms with Crippen LogP contribution in [0, 0.1) is 5.92 Å². The number of rotatable bonds is 3. The second-order valence-electron chi connectivity index (χ2n) is 5.46. The zero-order chi connectivity index (χ0) is 12.0. The van der Waals surface area contributed by atoms with Gasteiger partial charge in [-0.1, -0.05) is 19.9 Å². The summed E-state index contributed by atoms with van der Waals surface area (Å²) < 4.78 is 5.84. The second kappa shape index (κ2) is 3.88. The molecule has 1 unspecified atom stereocenters. The van der Waals surface area contributed by atoms with E-state index < -0.39 is 0 Å². The number of nitrogens with two attached hydrogens (primary N) is 1. The Kier molecular flexibility index (Phi) is 2.48. The molecule has 0 aliphatic heterocycles. The molecule has 1 atom stereocenters. The molecule has 1 aliphatic carbocycles. The van der Waals surface area contributed by atoms with Gasteiger partial charge in [0.25, 0.3) is 0 Å². The molecule has 0 bridgehead atoms. The molecule has 3 rings (SSSR count). The van der Waals surface area contributed by atoms with Gasteiger partial charge in [-0.15, -0.1) is 0 Å². The summed E-state index contributed by atoms with van der Waals surface area (Å²) in [5.41, 5.74) is 8.48. The van der Waals surface area contributed by atoms with Crippen molar-refractivity contribution in [3.63, 3.8) is 0 Å². The Balaban J connectivity index is 2.00. The van der Waals surface area contributed by atoms with Crippen LogP contribution < -0.4 is 5.73 Å². The quantitative estimate of drug-likeness (QED) is 0.865. The molecule has 0 radical (unpaired) electrons. The Bertz CT molecular complexity index is 537. The van der Waals surface area contributed by atoms with E-state index in [0.29, 0.717) is 11.8 Å². The van der Waals surface area contributed by atoms with Crippen LogP contribution in [0.1, 0.15) is 50.0 Å². The van der Waals surface area contributed by atoms with Crippen LogP contribution in [0.5, 0.6) is 0 Å². The molecular weight excluding hydrogens is 210 g/mol. The van der Waals surface area contributed by atoms with Gasteiger partial charge in [-0.3, -0.25) is 0 Å². The predicted molar refractivity (Wildman–Crippen MR) is 70.0 cm³/mol. The van der Waals surface area contributed by atoms with E-state index in [-0.39, 0.29) is 6.04 Å². The minimum atomic E-state index is 0.0879. The summed E-state index contributed by atoms with van der Waals surface area (Å²) in [5, 5.41) is 1.18. The first kappa shape index (κ1) is 10.8. The first-order chi connectivity index (χ1) is 8.15. The molecule has 90 valence electrons. The van der Waals surface area contributed by atoms with Crippen LogP contribution in [-0.2, 0) is 0 Å². The average molecular weight is 229 g/mol. The standard InChI is InChI=1S/C15H19NO/c1-9(2)11-5-6-13-12(7-11)8-14(17-13)15(16)10-3-4-10/h5-10,15H,3-4,16H2,1-2H3. The maximum absolute atomic E-state index is 6.17. The highest BCUT2D eigenvalue weighted by molar-refractivity contribution is 5.79. The summed E-state index contributed by atoms with van der Waals surface area (Å²) in [5.74, 6) is 2.14. The fourth-order valence-corrected chi connectivity index (χ4v) is 2.29. The normalized spacial score (nSPS) is 17.9. The molecule has 2 nitrogen and oxygen atoms in total. The summed E-state index contributed by atoms with van der Waals surface area (Å²) in [7, 11) is 0. The van der Waals surface area contributed by atoms with Crippen molar-refractivity contribution in [2.45, 2.75) is 38.6 Å². The maximum Gasteiger partial charge on any atom is 0.134 e. The van der Waals surface area contributed by atoms with Crippen LogP contribution >= 0.6 is 0 Å². The van der Waals surface area contributed by atoms with Crippen molar-refractivity contribution in [2.24, 2.45) is 11.7 Å². The van der Waals surface area contributed by atoms with E-state index in [1.807, 2.05) is 0 Å². The van der Waals surface area contributed by atoms with Gasteiger partial charge >= 0.3 is 0 Å². The first-order valence-electron chi connectivity index (χ1n) is 6.44. The lowest BCUT2D eigenvalue weighted by molar-refractivity contribution is 0.467. The molecule has 1 saturated carbocycles. The summed E-state index contributed by atoms with van der Waals surface area (Å²) >= 11 is 0. The van der Waals surface area contributed by atoms with Gasteiger partial charge in [0.15, 0.2) is 0 Å². The van der Waals surface area contributed by atoms with E-state index in [4.69, 9.17) is 10.2 Å². The number of furan rings is 1. The molecule has 2 heteroatoms. The van der Waals surface area contributed by atoms with E-state index >= 15 is 0 Å². The van der Waals surface area contributed by atoms with Gasteiger partial charge in [-0.2, -0.15) is 0 Å². The molecule has 1 aromatic carbocycles. The minimum absolute atomic E-state index is 0.0879. The lowest BCUT2D eigenvalue weighted by Crippen LogP contribution is -2.10. The molecular formula is C15H19NO. The number of benzene rings is 1. The largest absolute Gasteiger partial charge is 0.459 e. The summed E-state index contributed by atoms with van der Waals surface area (Å²) in [6, 6.07) is 8.62. The molecule has 2 N–H and O–H groups in total. The highest BCUT2D eigenvalue weighted by Crippen LogP contribution is 2.40. The van der Waals surface area contributed by atoms with Gasteiger partial charge < -0.3 is 10.2 Å². The van der Waals surface area contributed by atoms with Gasteiger partial charge in [0.2, 0.25) is 0 Å². The molecule has 1 aliphatic rings. The molecule has 0 saturated heterocycles. The van der Waals surface area contributed by atoms with Gasteiger partial charge in [0, 0.05) is 5.39 Å². The van der Waals surface area contributed by atoms with Crippen molar-refractivity contribution in [3.05, 3.63) is 35.6 Å². The third-order valence-electron chi connectivity index (χ3n) is 3.68. The van der Waals surface area contributed by atoms with Gasteiger partial charge in [-0.25, -0.2) is 0 Å². The minimum Gasteiger partial charge on any atom is -0.459 e. The fourth-order valence-electron chi connectivity index (χ4n) is 2.29. The Morgan fingerprint density at radius 2 is 2.00 bits per heavy atom. The summed E-state index contributed by atoms with van der Waals surface area (Å²) in [6.45, 7) is 4.41. The van der Waals surface area contributed by atoms with Crippen molar-refractivity contribution >= 4 is 11.0 Å². The van der Waals surface area contributed by atoms with Crippen molar-refractivity contribution < 1.29 is 4.42 Å². The van der Waals surface area contributed by atoms with Gasteiger partial charge in [0.05, 0.1) is 6.04 Å². The molecule has 1 aromatic heterocycles. The molecule has 2 aromatic rings. The maximum atomic E-state index is 6.17. The Morgan fingerprint density at radius 3 is 2.65 bits per heavy atom. The molecule has 0 spiro atoms. The van der Waals surface area contributed by atoms with Gasteiger partial charge in [0.1, 0.15) is 11.3 Å². The number of hydrogen-bond acceptors (Lipinski definition) is 2. The molecule has 1 fully saturated rings. The lowest BCUT2D eigenvalue weighted by Gasteiger charge is -2.04. The zero-order valence-electron chi connectivity index (χ0n) is 10.4. The number of fused-ring (bicyclic) bond motifs is 1. The molecule has 17 heavy (non-hydrogen) atoms. The number of hydrogen-bond donors (Lipinski definition) is 1. The van der Waals surface area contributed by atoms with Gasteiger partial charge in [-0.05, 0) is 48.4 Å². The van der Waals surface area contributed by atoms with E-state index in [1.54, 1.807) is 0 Å². The van der Waals surface area contributed by atoms with E-state index in [0.717, 1.165) is 11.3 Å². The average Bonchev–Trinajstić information content (AvgIpc) is 3.06. The topological polar surface area (TPSA) is 39.2 Å². The summed E-state index contributed by atoms with van der Waals surface area (Å²) in [4.78, 5) is 0. The first-order valence-corrected chi connectivity index (χ1v) is 6.44. The van der Waals surface area contributed by atoms with E-state index in [9.17, 15) is 0 Å². The monoisotopic (exact) mass is 229 g/mol. The smallest absolute Gasteiger partial charge is 0.134 e. The fraction of sp³-hybridized carbons (Fsp3) is 0.467. The van der Waals surface area contributed by atoms with Crippen LogP contribution in [0.3, 0.4) is 0 Å². The van der Waals surface area contributed by atoms with Crippen LogP contribution in [0.25, 0.3) is 11.0 Å². The van der Waals surface area contributed by atoms with Crippen LogP contribution in [0.2, 0.25) is 0 Å². The Hall–Kier alpha value is -1.28. The third-order valence-corrected chi connectivity index (χ3v) is 3.68. The summed E-state index contributed by atoms with van der Waals surface area (Å²) in [6.07, 6.45) is 2.49. The molecule has 1 heterocycles. The van der Waals surface area contributed by atoms with E-state index in [1.165, 1.54) is 23.8 Å². The lowest BCUT2D eigenvalue weighted by atomic mass is 10.0. The van der Waals surface area contributed by atoms with Crippen molar-refractivity contribution in [1.82, 2.24) is 0 Å². The highest BCUT2D eigenvalue weighted by Gasteiger charge is 2.31. The van der Waals surface area contributed by atoms with Crippen molar-refractivity contribution in [3.8, 4) is 0 Å². The SMILES string of the molecule is CC(C)c1ccc2oc(C(N)C3CC3)cc2c1. The third kappa shape index (κ3) is 1.98.